The van der Waals surface area contributed by atoms with Gasteiger partial charge in [-0.1, -0.05) is 24.3 Å². The lowest BCUT2D eigenvalue weighted by atomic mass is 9.74. The summed E-state index contributed by atoms with van der Waals surface area (Å²) in [6.07, 6.45) is 3.70. The van der Waals surface area contributed by atoms with Crippen LogP contribution in [-0.4, -0.2) is 11.6 Å². The van der Waals surface area contributed by atoms with Gasteiger partial charge in [-0.25, -0.2) is 0 Å². The molecule has 3 aliphatic rings. The summed E-state index contributed by atoms with van der Waals surface area (Å²) in [4.78, 5) is 14.5. The summed E-state index contributed by atoms with van der Waals surface area (Å²) in [5.74, 6) is 1.50. The van der Waals surface area contributed by atoms with Gasteiger partial charge in [0, 0.05) is 18.9 Å². The van der Waals surface area contributed by atoms with Crippen molar-refractivity contribution in [2.45, 2.75) is 50.9 Å². The van der Waals surface area contributed by atoms with Crippen LogP contribution in [0.15, 0.2) is 42.5 Å². The van der Waals surface area contributed by atoms with Crippen LogP contribution in [0.25, 0.3) is 0 Å². The third-order valence-electron chi connectivity index (χ3n) is 5.84. The molecule has 0 saturated heterocycles. The highest BCUT2D eigenvalue weighted by atomic mass is 16.6. The van der Waals surface area contributed by atoms with Crippen molar-refractivity contribution in [3.05, 3.63) is 53.6 Å². The Morgan fingerprint density at radius 3 is 2.68 bits per heavy atom. The lowest BCUT2D eigenvalue weighted by Gasteiger charge is -2.53. The standard InChI is InChI=1S/C21H21NO3/c1-14-9-10-18-19(13-14)25-21-12-6-5-11-20(21,24-18)16-7-3-4-8-17(16)22(21)15(2)23/h3-4,7-10,13H,5-6,11-12H2,1-2H3/t20-,21-/m0/s1. The molecule has 2 aromatic rings. The first-order chi connectivity index (χ1) is 12.1. The van der Waals surface area contributed by atoms with Gasteiger partial charge in [0.15, 0.2) is 17.1 Å². The Balaban J connectivity index is 1.81. The Morgan fingerprint density at radius 1 is 1.04 bits per heavy atom. The molecule has 5 rings (SSSR count). The number of fused-ring (bicyclic) bond motifs is 2. The fourth-order valence-corrected chi connectivity index (χ4v) is 4.92. The Kier molecular flexibility index (Phi) is 2.83. The topological polar surface area (TPSA) is 38.8 Å². The normalized spacial score (nSPS) is 28.8. The fourth-order valence-electron chi connectivity index (χ4n) is 4.92. The van der Waals surface area contributed by atoms with E-state index in [0.29, 0.717) is 0 Å². The van der Waals surface area contributed by atoms with Gasteiger partial charge in [-0.3, -0.25) is 9.69 Å². The highest BCUT2D eigenvalue weighted by Gasteiger charge is 2.70. The maximum atomic E-state index is 12.7. The number of carbonyl (C=O) groups excluding carboxylic acids is 1. The summed E-state index contributed by atoms with van der Waals surface area (Å²) in [7, 11) is 0. The molecule has 1 fully saturated rings. The van der Waals surface area contributed by atoms with Gasteiger partial charge in [0.2, 0.25) is 11.6 Å². The van der Waals surface area contributed by atoms with Crippen molar-refractivity contribution < 1.29 is 14.3 Å². The molecule has 1 amide bonds. The molecule has 1 saturated carbocycles. The van der Waals surface area contributed by atoms with E-state index in [1.807, 2.05) is 48.2 Å². The zero-order valence-corrected chi connectivity index (χ0v) is 14.5. The number of rotatable bonds is 0. The number of benzene rings is 2. The molecular weight excluding hydrogens is 314 g/mol. The fraction of sp³-hybridized carbons (Fsp3) is 0.381. The number of para-hydroxylation sites is 1. The monoisotopic (exact) mass is 335 g/mol. The third kappa shape index (κ3) is 1.69. The molecule has 4 nitrogen and oxygen atoms in total. The maximum absolute atomic E-state index is 12.7. The number of amides is 1. The van der Waals surface area contributed by atoms with E-state index in [4.69, 9.17) is 9.47 Å². The summed E-state index contributed by atoms with van der Waals surface area (Å²) in [6, 6.07) is 14.1. The maximum Gasteiger partial charge on any atom is 0.233 e. The highest BCUT2D eigenvalue weighted by Crippen LogP contribution is 2.62. The van der Waals surface area contributed by atoms with Crippen molar-refractivity contribution in [2.24, 2.45) is 0 Å². The molecule has 0 spiro atoms. The molecule has 0 aromatic heterocycles. The zero-order valence-electron chi connectivity index (χ0n) is 14.5. The number of carbonyl (C=O) groups is 1. The first kappa shape index (κ1) is 14.8. The van der Waals surface area contributed by atoms with Crippen LogP contribution in [-0.2, 0) is 10.4 Å². The quantitative estimate of drug-likeness (QED) is 0.720. The molecule has 2 aliphatic heterocycles. The van der Waals surface area contributed by atoms with E-state index in [1.165, 1.54) is 0 Å². The molecule has 2 atom stereocenters. The van der Waals surface area contributed by atoms with Gasteiger partial charge in [-0.2, -0.15) is 0 Å². The van der Waals surface area contributed by atoms with Gasteiger partial charge in [0.1, 0.15) is 0 Å². The molecule has 4 heteroatoms. The van der Waals surface area contributed by atoms with E-state index in [2.05, 4.69) is 6.07 Å². The van der Waals surface area contributed by atoms with Crippen LogP contribution >= 0.6 is 0 Å². The Hall–Kier alpha value is -2.49. The second-order valence-electron chi connectivity index (χ2n) is 7.34. The van der Waals surface area contributed by atoms with Gasteiger partial charge in [0.05, 0.1) is 5.69 Å². The Bertz CT molecular complexity index is 892. The average Bonchev–Trinajstić information content (AvgIpc) is 2.86. The number of aryl methyl sites for hydroxylation is 1. The molecule has 0 radical (unpaired) electrons. The van der Waals surface area contributed by atoms with Crippen molar-refractivity contribution in [2.75, 3.05) is 4.90 Å². The van der Waals surface area contributed by atoms with E-state index < -0.39 is 11.3 Å². The van der Waals surface area contributed by atoms with Crippen LogP contribution < -0.4 is 14.4 Å². The van der Waals surface area contributed by atoms with Gasteiger partial charge in [-0.05, 0) is 49.9 Å². The lowest BCUT2D eigenvalue weighted by molar-refractivity contribution is -0.166. The number of hydrogen-bond acceptors (Lipinski definition) is 3. The summed E-state index contributed by atoms with van der Waals surface area (Å²) in [6.45, 7) is 3.65. The van der Waals surface area contributed by atoms with Crippen molar-refractivity contribution >= 4 is 11.6 Å². The van der Waals surface area contributed by atoms with E-state index in [0.717, 1.165) is 54.0 Å². The summed E-state index contributed by atoms with van der Waals surface area (Å²) in [5, 5.41) is 0. The number of ether oxygens (including phenoxy) is 2. The molecule has 2 aromatic carbocycles. The largest absolute Gasteiger partial charge is 0.472 e. The van der Waals surface area contributed by atoms with Crippen LogP contribution in [0.4, 0.5) is 5.69 Å². The number of anilines is 1. The van der Waals surface area contributed by atoms with Gasteiger partial charge < -0.3 is 9.47 Å². The molecule has 2 heterocycles. The summed E-state index contributed by atoms with van der Waals surface area (Å²) < 4.78 is 13.3. The third-order valence-corrected chi connectivity index (χ3v) is 5.84. The number of nitrogens with zero attached hydrogens (tertiary/aromatic N) is 1. The van der Waals surface area contributed by atoms with E-state index in [9.17, 15) is 4.79 Å². The second kappa shape index (κ2) is 4.78. The van der Waals surface area contributed by atoms with Crippen LogP contribution in [0.5, 0.6) is 11.5 Å². The van der Waals surface area contributed by atoms with Crippen molar-refractivity contribution in [1.29, 1.82) is 0 Å². The van der Waals surface area contributed by atoms with Gasteiger partial charge in [-0.15, -0.1) is 0 Å². The molecule has 0 N–H and O–H groups in total. The van der Waals surface area contributed by atoms with Gasteiger partial charge >= 0.3 is 0 Å². The van der Waals surface area contributed by atoms with E-state index in [-0.39, 0.29) is 5.91 Å². The lowest BCUT2D eigenvalue weighted by Crippen LogP contribution is -2.68. The first-order valence-electron chi connectivity index (χ1n) is 8.96. The van der Waals surface area contributed by atoms with Crippen molar-refractivity contribution in [1.82, 2.24) is 0 Å². The van der Waals surface area contributed by atoms with Crippen LogP contribution in [0.2, 0.25) is 0 Å². The highest BCUT2D eigenvalue weighted by molar-refractivity contribution is 5.96. The van der Waals surface area contributed by atoms with Crippen LogP contribution in [0.1, 0.15) is 43.7 Å². The SMILES string of the molecule is CC(=O)N1c2ccccc2[C@@]23CCCC[C@@]12Oc1cc(C)ccc1O3. The summed E-state index contributed by atoms with van der Waals surface area (Å²) in [5.41, 5.74) is 1.68. The average molecular weight is 335 g/mol. The molecular formula is C21H21NO3. The molecule has 0 bridgehead atoms. The minimum Gasteiger partial charge on any atom is -0.472 e. The van der Waals surface area contributed by atoms with Crippen LogP contribution in [0, 0.1) is 6.92 Å². The van der Waals surface area contributed by atoms with Gasteiger partial charge in [0.25, 0.3) is 0 Å². The second-order valence-corrected chi connectivity index (χ2v) is 7.34. The smallest absolute Gasteiger partial charge is 0.233 e. The summed E-state index contributed by atoms with van der Waals surface area (Å²) >= 11 is 0. The van der Waals surface area contributed by atoms with Crippen molar-refractivity contribution in [3.8, 4) is 11.5 Å². The predicted molar refractivity (Wildman–Crippen MR) is 94.9 cm³/mol. The number of hydrogen-bond donors (Lipinski definition) is 0. The Labute approximate surface area is 147 Å². The predicted octanol–water partition coefficient (Wildman–Crippen LogP) is 4.30. The molecule has 0 unspecified atom stereocenters. The minimum atomic E-state index is -0.790. The van der Waals surface area contributed by atoms with Crippen LogP contribution in [0.3, 0.4) is 0 Å². The molecule has 128 valence electrons. The molecule has 25 heavy (non-hydrogen) atoms. The molecule has 1 aliphatic carbocycles. The van der Waals surface area contributed by atoms with Crippen molar-refractivity contribution in [3.63, 3.8) is 0 Å². The van der Waals surface area contributed by atoms with E-state index >= 15 is 0 Å². The van der Waals surface area contributed by atoms with E-state index in [1.54, 1.807) is 6.92 Å². The Morgan fingerprint density at radius 2 is 1.84 bits per heavy atom. The zero-order chi connectivity index (χ0) is 17.2. The minimum absolute atomic E-state index is 0.00377. The first-order valence-corrected chi connectivity index (χ1v) is 8.96.